The van der Waals surface area contributed by atoms with Crippen molar-refractivity contribution in [3.8, 4) is 0 Å². The molecule has 0 atom stereocenters. The first-order valence-corrected chi connectivity index (χ1v) is 5.85. The van der Waals surface area contributed by atoms with Gasteiger partial charge in [-0.2, -0.15) is 13.2 Å². The quantitative estimate of drug-likeness (QED) is 0.815. The number of rotatable bonds is 6. The monoisotopic (exact) mass is 291 g/mol. The van der Waals surface area contributed by atoms with E-state index < -0.39 is 18.0 Å². The van der Waals surface area contributed by atoms with Gasteiger partial charge in [0, 0.05) is 14.2 Å². The Hall–Kier alpha value is -1.60. The van der Waals surface area contributed by atoms with Gasteiger partial charge in [0.2, 0.25) is 5.91 Å². The molecule has 0 saturated heterocycles. The summed E-state index contributed by atoms with van der Waals surface area (Å²) >= 11 is 0. The number of amides is 1. The Morgan fingerprint density at radius 3 is 2.20 bits per heavy atom. The van der Waals surface area contributed by atoms with Gasteiger partial charge >= 0.3 is 6.18 Å². The van der Waals surface area contributed by atoms with Gasteiger partial charge in [-0.3, -0.25) is 4.79 Å². The first-order valence-electron chi connectivity index (χ1n) is 5.85. The molecule has 0 aromatic heterocycles. The standard InChI is InChI=1S/C13H16F3NO3/c1-19-12(20-2)8-17-11(18)7-9-3-5-10(6-4-9)13(14,15)16/h3-6,12H,7-8H2,1-2H3,(H,17,18). The van der Waals surface area contributed by atoms with E-state index in [0.717, 1.165) is 12.1 Å². The Bertz CT molecular complexity index is 427. The topological polar surface area (TPSA) is 47.6 Å². The van der Waals surface area contributed by atoms with E-state index in [9.17, 15) is 18.0 Å². The second-order valence-electron chi connectivity index (χ2n) is 4.08. The number of carbonyl (C=O) groups is 1. The highest BCUT2D eigenvalue weighted by atomic mass is 19.4. The normalized spacial score (nSPS) is 11.7. The molecule has 0 bridgehead atoms. The number of nitrogens with one attached hydrogen (secondary N) is 1. The maximum absolute atomic E-state index is 12.4. The minimum absolute atomic E-state index is 0.00170. The van der Waals surface area contributed by atoms with Gasteiger partial charge in [-0.05, 0) is 17.7 Å². The summed E-state index contributed by atoms with van der Waals surface area (Å²) in [5.74, 6) is -0.316. The fourth-order valence-electron chi connectivity index (χ4n) is 1.52. The van der Waals surface area contributed by atoms with Gasteiger partial charge in [0.15, 0.2) is 6.29 Å². The smallest absolute Gasteiger partial charge is 0.354 e. The van der Waals surface area contributed by atoms with Crippen molar-refractivity contribution in [3.05, 3.63) is 35.4 Å². The zero-order valence-electron chi connectivity index (χ0n) is 11.2. The molecule has 0 aliphatic heterocycles. The van der Waals surface area contributed by atoms with Crippen molar-refractivity contribution in [3.63, 3.8) is 0 Å². The number of hydrogen-bond donors (Lipinski definition) is 1. The van der Waals surface area contributed by atoms with E-state index in [1.807, 2.05) is 0 Å². The lowest BCUT2D eigenvalue weighted by molar-refractivity contribution is -0.137. The van der Waals surface area contributed by atoms with Gasteiger partial charge in [0.05, 0.1) is 18.5 Å². The van der Waals surface area contributed by atoms with Crippen molar-refractivity contribution in [1.82, 2.24) is 5.32 Å². The number of halogens is 3. The molecule has 112 valence electrons. The third-order valence-electron chi connectivity index (χ3n) is 2.64. The van der Waals surface area contributed by atoms with E-state index in [1.165, 1.54) is 26.4 Å². The fourth-order valence-corrected chi connectivity index (χ4v) is 1.52. The molecule has 1 amide bonds. The van der Waals surface area contributed by atoms with Crippen LogP contribution in [0.4, 0.5) is 13.2 Å². The van der Waals surface area contributed by atoms with Gasteiger partial charge in [-0.25, -0.2) is 0 Å². The molecule has 0 spiro atoms. The molecule has 7 heteroatoms. The second-order valence-corrected chi connectivity index (χ2v) is 4.08. The maximum atomic E-state index is 12.4. The van der Waals surface area contributed by atoms with E-state index in [1.54, 1.807) is 0 Å². The maximum Gasteiger partial charge on any atom is 0.416 e. The zero-order valence-corrected chi connectivity index (χ0v) is 11.2. The highest BCUT2D eigenvalue weighted by molar-refractivity contribution is 5.78. The van der Waals surface area contributed by atoms with Crippen LogP contribution in [-0.4, -0.2) is 33.0 Å². The molecule has 0 heterocycles. The largest absolute Gasteiger partial charge is 0.416 e. The van der Waals surface area contributed by atoms with Crippen molar-refractivity contribution >= 4 is 5.91 Å². The van der Waals surface area contributed by atoms with Crippen LogP contribution in [0.15, 0.2) is 24.3 Å². The molecule has 1 aromatic rings. The number of hydrogen-bond acceptors (Lipinski definition) is 3. The Balaban J connectivity index is 2.50. The van der Waals surface area contributed by atoms with Crippen LogP contribution in [0.3, 0.4) is 0 Å². The number of alkyl halides is 3. The summed E-state index contributed by atoms with van der Waals surface area (Å²) in [6.45, 7) is 0.173. The SMILES string of the molecule is COC(CNC(=O)Cc1ccc(C(F)(F)F)cc1)OC. The van der Waals surface area contributed by atoms with Crippen molar-refractivity contribution in [1.29, 1.82) is 0 Å². The molecule has 20 heavy (non-hydrogen) atoms. The lowest BCUT2D eigenvalue weighted by atomic mass is 10.1. The number of methoxy groups -OCH3 is 2. The van der Waals surface area contributed by atoms with Crippen LogP contribution < -0.4 is 5.32 Å². The second kappa shape index (κ2) is 7.25. The minimum Gasteiger partial charge on any atom is -0.354 e. The summed E-state index contributed by atoms with van der Waals surface area (Å²) < 4.78 is 46.9. The Morgan fingerprint density at radius 1 is 1.20 bits per heavy atom. The molecule has 1 N–H and O–H groups in total. The molecule has 0 radical (unpaired) electrons. The molecule has 0 fully saturated rings. The molecule has 0 saturated carbocycles. The minimum atomic E-state index is -4.37. The molecule has 0 aliphatic rings. The van der Waals surface area contributed by atoms with Crippen molar-refractivity contribution in [2.75, 3.05) is 20.8 Å². The predicted octanol–water partition coefficient (Wildman–Crippen LogP) is 1.98. The van der Waals surface area contributed by atoms with Crippen LogP contribution in [0.1, 0.15) is 11.1 Å². The highest BCUT2D eigenvalue weighted by Crippen LogP contribution is 2.29. The van der Waals surface area contributed by atoms with Gasteiger partial charge in [0.1, 0.15) is 0 Å². The third-order valence-corrected chi connectivity index (χ3v) is 2.64. The molecule has 0 unspecified atom stereocenters. The fraction of sp³-hybridized carbons (Fsp3) is 0.462. The molecule has 4 nitrogen and oxygen atoms in total. The summed E-state index contributed by atoms with van der Waals surface area (Å²) in [5.41, 5.74) is -0.234. The summed E-state index contributed by atoms with van der Waals surface area (Å²) in [6, 6.07) is 4.48. The van der Waals surface area contributed by atoms with Crippen LogP contribution in [0.25, 0.3) is 0 Å². The van der Waals surface area contributed by atoms with E-state index in [-0.39, 0.29) is 18.9 Å². The lowest BCUT2D eigenvalue weighted by Gasteiger charge is -2.14. The molecular formula is C13H16F3NO3. The number of benzene rings is 1. The summed E-state index contributed by atoms with van der Waals surface area (Å²) in [5, 5.41) is 2.57. The van der Waals surface area contributed by atoms with Gasteiger partial charge < -0.3 is 14.8 Å². The van der Waals surface area contributed by atoms with E-state index in [4.69, 9.17) is 9.47 Å². The molecule has 1 rings (SSSR count). The van der Waals surface area contributed by atoms with Crippen molar-refractivity contribution < 1.29 is 27.4 Å². The molecule has 0 aliphatic carbocycles. The average Bonchev–Trinajstić information content (AvgIpc) is 2.39. The summed E-state index contributed by atoms with van der Waals surface area (Å²) in [6.07, 6.45) is -4.92. The first kappa shape index (κ1) is 16.5. The first-order chi connectivity index (χ1) is 9.36. The van der Waals surface area contributed by atoms with Crippen molar-refractivity contribution in [2.45, 2.75) is 18.9 Å². The highest BCUT2D eigenvalue weighted by Gasteiger charge is 2.29. The predicted molar refractivity (Wildman–Crippen MR) is 66.0 cm³/mol. The van der Waals surface area contributed by atoms with Gasteiger partial charge in [-0.15, -0.1) is 0 Å². The zero-order chi connectivity index (χ0) is 15.2. The van der Waals surface area contributed by atoms with E-state index >= 15 is 0 Å². The molecule has 1 aromatic carbocycles. The Morgan fingerprint density at radius 2 is 1.75 bits per heavy atom. The Kier molecular flexibility index (Phi) is 5.97. The van der Waals surface area contributed by atoms with Gasteiger partial charge in [-0.1, -0.05) is 12.1 Å². The summed E-state index contributed by atoms with van der Waals surface area (Å²) in [4.78, 5) is 11.6. The van der Waals surface area contributed by atoms with E-state index in [2.05, 4.69) is 5.32 Å². The number of ether oxygens (including phenoxy) is 2. The third kappa shape index (κ3) is 5.18. The number of carbonyl (C=O) groups excluding carboxylic acids is 1. The van der Waals surface area contributed by atoms with E-state index in [0.29, 0.717) is 5.56 Å². The van der Waals surface area contributed by atoms with Crippen LogP contribution in [0.2, 0.25) is 0 Å². The van der Waals surface area contributed by atoms with Gasteiger partial charge in [0.25, 0.3) is 0 Å². The summed E-state index contributed by atoms with van der Waals surface area (Å²) in [7, 11) is 2.88. The van der Waals surface area contributed by atoms with Crippen LogP contribution in [0, 0.1) is 0 Å². The van der Waals surface area contributed by atoms with Crippen LogP contribution in [-0.2, 0) is 26.9 Å². The average molecular weight is 291 g/mol. The van der Waals surface area contributed by atoms with Crippen LogP contribution in [0.5, 0.6) is 0 Å². The Labute approximate surface area is 114 Å². The van der Waals surface area contributed by atoms with Crippen molar-refractivity contribution in [2.24, 2.45) is 0 Å². The lowest BCUT2D eigenvalue weighted by Crippen LogP contribution is -2.35. The van der Waals surface area contributed by atoms with Crippen LogP contribution >= 0.6 is 0 Å². The molecular weight excluding hydrogens is 275 g/mol.